The maximum Gasteiger partial charge on any atom is 0.0774 e. The maximum absolute atomic E-state index is 9.72. The Morgan fingerprint density at radius 1 is 1.15 bits per heavy atom. The Balaban J connectivity index is 1.98. The molecule has 2 nitrogen and oxygen atoms in total. The molecule has 2 aromatic rings. The van der Waals surface area contributed by atoms with Gasteiger partial charge in [-0.3, -0.25) is 4.98 Å². The summed E-state index contributed by atoms with van der Waals surface area (Å²) in [6.07, 6.45) is 10.3. The van der Waals surface area contributed by atoms with E-state index >= 15 is 0 Å². The third-order valence-electron chi connectivity index (χ3n) is 4.32. The quantitative estimate of drug-likeness (QED) is 0.904. The molecule has 1 heterocycles. The molecule has 0 spiro atoms. The SMILES string of the molecule is OC/C(=C/c1cccc2cccnc12)C1CCCCC1. The zero-order chi connectivity index (χ0) is 13.8. The zero-order valence-electron chi connectivity index (χ0n) is 11.8. The van der Waals surface area contributed by atoms with Crippen molar-refractivity contribution in [3.05, 3.63) is 47.7 Å². The van der Waals surface area contributed by atoms with E-state index in [1.54, 1.807) is 0 Å². The summed E-state index contributed by atoms with van der Waals surface area (Å²) in [5.41, 5.74) is 3.32. The molecule has 0 amide bonds. The van der Waals surface area contributed by atoms with Gasteiger partial charge in [0.25, 0.3) is 0 Å². The molecule has 1 fully saturated rings. The summed E-state index contributed by atoms with van der Waals surface area (Å²) in [6.45, 7) is 0.161. The van der Waals surface area contributed by atoms with Crippen molar-refractivity contribution < 1.29 is 5.11 Å². The van der Waals surface area contributed by atoms with Crippen molar-refractivity contribution in [2.24, 2.45) is 5.92 Å². The van der Waals surface area contributed by atoms with E-state index in [4.69, 9.17) is 0 Å². The molecule has 1 saturated carbocycles. The molecule has 20 heavy (non-hydrogen) atoms. The highest BCUT2D eigenvalue weighted by Crippen LogP contribution is 2.31. The van der Waals surface area contributed by atoms with Crippen LogP contribution in [0.3, 0.4) is 0 Å². The fourth-order valence-corrected chi connectivity index (χ4v) is 3.21. The van der Waals surface area contributed by atoms with E-state index in [1.165, 1.54) is 37.7 Å². The predicted molar refractivity (Wildman–Crippen MR) is 83.4 cm³/mol. The molecule has 1 aliphatic rings. The molecule has 0 unspecified atom stereocenters. The Kier molecular flexibility index (Phi) is 4.12. The van der Waals surface area contributed by atoms with E-state index in [0.29, 0.717) is 5.92 Å². The number of hydrogen-bond donors (Lipinski definition) is 1. The summed E-state index contributed by atoms with van der Waals surface area (Å²) in [7, 11) is 0. The number of aromatic nitrogens is 1. The Morgan fingerprint density at radius 2 is 1.95 bits per heavy atom. The molecule has 1 N–H and O–H groups in total. The fourth-order valence-electron chi connectivity index (χ4n) is 3.21. The minimum Gasteiger partial charge on any atom is -0.392 e. The molecule has 0 saturated heterocycles. The van der Waals surface area contributed by atoms with Gasteiger partial charge >= 0.3 is 0 Å². The molecule has 104 valence electrons. The van der Waals surface area contributed by atoms with Gasteiger partial charge in [-0.1, -0.05) is 49.6 Å². The van der Waals surface area contributed by atoms with Crippen molar-refractivity contribution in [1.82, 2.24) is 4.98 Å². The summed E-state index contributed by atoms with van der Waals surface area (Å²) >= 11 is 0. The predicted octanol–water partition coefficient (Wildman–Crippen LogP) is 4.19. The van der Waals surface area contributed by atoms with Crippen molar-refractivity contribution in [1.29, 1.82) is 0 Å². The molecule has 0 bridgehead atoms. The maximum atomic E-state index is 9.72. The minimum absolute atomic E-state index is 0.161. The van der Waals surface area contributed by atoms with E-state index < -0.39 is 0 Å². The molecule has 0 atom stereocenters. The standard InChI is InChI=1S/C18H21NO/c20-13-17(14-6-2-1-3-7-14)12-16-9-4-8-15-10-5-11-19-18(15)16/h4-5,8-12,14,20H,1-3,6-7,13H2/b17-12-. The summed E-state index contributed by atoms with van der Waals surface area (Å²) in [4.78, 5) is 4.49. The van der Waals surface area contributed by atoms with Crippen LogP contribution in [0.2, 0.25) is 0 Å². The summed E-state index contributed by atoms with van der Waals surface area (Å²) in [5.74, 6) is 0.549. The highest BCUT2D eigenvalue weighted by atomic mass is 16.3. The smallest absolute Gasteiger partial charge is 0.0774 e. The van der Waals surface area contributed by atoms with E-state index in [-0.39, 0.29) is 6.61 Å². The lowest BCUT2D eigenvalue weighted by molar-refractivity contribution is 0.295. The van der Waals surface area contributed by atoms with Gasteiger partial charge in [0.15, 0.2) is 0 Å². The van der Waals surface area contributed by atoms with Gasteiger partial charge in [0.2, 0.25) is 0 Å². The number of aliphatic hydroxyl groups excluding tert-OH is 1. The van der Waals surface area contributed by atoms with Crippen molar-refractivity contribution in [3.63, 3.8) is 0 Å². The number of nitrogens with zero attached hydrogens (tertiary/aromatic N) is 1. The van der Waals surface area contributed by atoms with Gasteiger partial charge in [0.05, 0.1) is 12.1 Å². The van der Waals surface area contributed by atoms with Crippen LogP contribution in [0, 0.1) is 5.92 Å². The zero-order valence-corrected chi connectivity index (χ0v) is 11.8. The molecule has 0 radical (unpaired) electrons. The molecular weight excluding hydrogens is 246 g/mol. The van der Waals surface area contributed by atoms with Gasteiger partial charge in [-0.15, -0.1) is 0 Å². The summed E-state index contributed by atoms with van der Waals surface area (Å²) in [6, 6.07) is 10.3. The third kappa shape index (κ3) is 2.75. The van der Waals surface area contributed by atoms with E-state index in [9.17, 15) is 5.11 Å². The Bertz CT molecular complexity index is 606. The lowest BCUT2D eigenvalue weighted by atomic mass is 9.83. The van der Waals surface area contributed by atoms with Crippen LogP contribution >= 0.6 is 0 Å². The third-order valence-corrected chi connectivity index (χ3v) is 4.32. The normalized spacial score (nSPS) is 17.6. The Labute approximate surface area is 120 Å². The van der Waals surface area contributed by atoms with E-state index in [2.05, 4.69) is 35.3 Å². The number of aliphatic hydroxyl groups is 1. The van der Waals surface area contributed by atoms with Gasteiger partial charge in [-0.2, -0.15) is 0 Å². The molecule has 0 aliphatic heterocycles. The number of fused-ring (bicyclic) bond motifs is 1. The van der Waals surface area contributed by atoms with Crippen LogP contribution in [0.25, 0.3) is 17.0 Å². The van der Waals surface area contributed by atoms with Crippen molar-refractivity contribution in [2.75, 3.05) is 6.61 Å². The monoisotopic (exact) mass is 267 g/mol. The second-order valence-corrected chi connectivity index (χ2v) is 5.63. The lowest BCUT2D eigenvalue weighted by Crippen LogP contribution is -2.11. The first kappa shape index (κ1) is 13.3. The largest absolute Gasteiger partial charge is 0.392 e. The van der Waals surface area contributed by atoms with E-state index in [1.807, 2.05) is 12.3 Å². The van der Waals surface area contributed by atoms with Crippen LogP contribution in [0.15, 0.2) is 42.1 Å². The molecule has 2 heteroatoms. The highest BCUT2D eigenvalue weighted by Gasteiger charge is 2.17. The minimum atomic E-state index is 0.161. The average molecular weight is 267 g/mol. The molecule has 1 aromatic carbocycles. The topological polar surface area (TPSA) is 33.1 Å². The van der Waals surface area contributed by atoms with Gasteiger partial charge in [-0.05, 0) is 30.4 Å². The Morgan fingerprint density at radius 3 is 2.75 bits per heavy atom. The van der Waals surface area contributed by atoms with Crippen LogP contribution in [-0.4, -0.2) is 16.7 Å². The van der Waals surface area contributed by atoms with Crippen LogP contribution in [-0.2, 0) is 0 Å². The first-order valence-corrected chi connectivity index (χ1v) is 7.53. The molecular formula is C18H21NO. The highest BCUT2D eigenvalue weighted by molar-refractivity contribution is 5.87. The van der Waals surface area contributed by atoms with Gasteiger partial charge < -0.3 is 5.11 Å². The Hall–Kier alpha value is -1.67. The number of pyridine rings is 1. The number of benzene rings is 1. The van der Waals surface area contributed by atoms with Gasteiger partial charge in [0, 0.05) is 17.1 Å². The number of rotatable bonds is 3. The van der Waals surface area contributed by atoms with Crippen LogP contribution in [0.1, 0.15) is 37.7 Å². The molecule has 3 rings (SSSR count). The van der Waals surface area contributed by atoms with Crippen LogP contribution in [0.5, 0.6) is 0 Å². The number of para-hydroxylation sites is 1. The molecule has 1 aromatic heterocycles. The van der Waals surface area contributed by atoms with Crippen LogP contribution < -0.4 is 0 Å². The molecule has 1 aliphatic carbocycles. The fraction of sp³-hybridized carbons (Fsp3) is 0.389. The second-order valence-electron chi connectivity index (χ2n) is 5.63. The van der Waals surface area contributed by atoms with Crippen molar-refractivity contribution in [2.45, 2.75) is 32.1 Å². The van der Waals surface area contributed by atoms with E-state index in [0.717, 1.165) is 16.5 Å². The average Bonchev–Trinajstić information content (AvgIpc) is 2.53. The van der Waals surface area contributed by atoms with Crippen molar-refractivity contribution in [3.8, 4) is 0 Å². The second kappa shape index (κ2) is 6.19. The van der Waals surface area contributed by atoms with Crippen LogP contribution in [0.4, 0.5) is 0 Å². The van der Waals surface area contributed by atoms with Crippen molar-refractivity contribution >= 4 is 17.0 Å². The van der Waals surface area contributed by atoms with Gasteiger partial charge in [-0.25, -0.2) is 0 Å². The first-order chi connectivity index (χ1) is 9.88. The number of hydrogen-bond acceptors (Lipinski definition) is 2. The lowest BCUT2D eigenvalue weighted by Gasteiger charge is -2.23. The summed E-state index contributed by atoms with van der Waals surface area (Å²) < 4.78 is 0. The summed E-state index contributed by atoms with van der Waals surface area (Å²) in [5, 5.41) is 10.9. The van der Waals surface area contributed by atoms with Gasteiger partial charge in [0.1, 0.15) is 0 Å². The first-order valence-electron chi connectivity index (χ1n) is 7.53.